The first-order valence-corrected chi connectivity index (χ1v) is 17.4. The molecule has 2 aromatic carbocycles. The molecule has 5 rings (SSSR count). The molecule has 7 heteroatoms. The van der Waals surface area contributed by atoms with Crippen LogP contribution in [-0.2, 0) is 19.3 Å². The van der Waals surface area contributed by atoms with Crippen molar-refractivity contribution in [2.45, 2.75) is 93.1 Å². The summed E-state index contributed by atoms with van der Waals surface area (Å²) in [4.78, 5) is 37.3. The molecule has 2 aromatic heterocycles. The summed E-state index contributed by atoms with van der Waals surface area (Å²) in [6.45, 7) is 16.1. The number of carbonyl (C=O) groups is 1. The molecule has 1 aliphatic rings. The van der Waals surface area contributed by atoms with E-state index < -0.39 is 0 Å². The van der Waals surface area contributed by atoms with Crippen LogP contribution in [0.15, 0.2) is 53.3 Å². The highest BCUT2D eigenvalue weighted by Gasteiger charge is 2.29. The fraction of sp³-hybridized carbons (Fsp3) is 0.447. The Labute approximate surface area is 272 Å². The molecule has 0 saturated carbocycles. The van der Waals surface area contributed by atoms with Crippen LogP contribution in [0.2, 0.25) is 0 Å². The van der Waals surface area contributed by atoms with Crippen LogP contribution in [0.3, 0.4) is 0 Å². The molecular formula is C38H47N3O3S. The molecule has 0 unspecified atom stereocenters. The van der Waals surface area contributed by atoms with Gasteiger partial charge in [-0.15, -0.1) is 11.3 Å². The average Bonchev–Trinajstić information content (AvgIpc) is 3.42. The van der Waals surface area contributed by atoms with Gasteiger partial charge in [0.15, 0.2) is 0 Å². The van der Waals surface area contributed by atoms with E-state index in [9.17, 15) is 9.59 Å². The van der Waals surface area contributed by atoms with Gasteiger partial charge in [-0.1, -0.05) is 45.9 Å². The van der Waals surface area contributed by atoms with E-state index in [1.165, 1.54) is 11.3 Å². The molecule has 6 nitrogen and oxygen atoms in total. The number of piperidine rings is 1. The number of nitrogens with zero attached hydrogens (tertiary/aromatic N) is 3. The highest BCUT2D eigenvalue weighted by molar-refractivity contribution is 7.15. The first-order valence-electron chi connectivity index (χ1n) is 16.6. The molecule has 0 N–H and O–H groups in total. The lowest BCUT2D eigenvalue weighted by Gasteiger charge is -2.29. The van der Waals surface area contributed by atoms with Crippen LogP contribution >= 0.6 is 11.3 Å². The summed E-state index contributed by atoms with van der Waals surface area (Å²) in [6.07, 6.45) is 5.44. The average molecular weight is 626 g/mol. The van der Waals surface area contributed by atoms with Crippen molar-refractivity contribution in [1.29, 1.82) is 0 Å². The molecule has 45 heavy (non-hydrogen) atoms. The summed E-state index contributed by atoms with van der Waals surface area (Å²) in [5.41, 5.74) is 6.74. The predicted molar refractivity (Wildman–Crippen MR) is 186 cm³/mol. The highest BCUT2D eigenvalue weighted by Crippen LogP contribution is 2.35. The number of carbonyl (C=O) groups excluding carboxylic acids is 1. The number of likely N-dealkylation sites (tertiary alicyclic amines) is 1. The van der Waals surface area contributed by atoms with Crippen LogP contribution in [0.5, 0.6) is 5.75 Å². The molecular weight excluding hydrogens is 579 g/mol. The van der Waals surface area contributed by atoms with Gasteiger partial charge in [0.1, 0.15) is 10.8 Å². The molecule has 1 amide bonds. The highest BCUT2D eigenvalue weighted by atomic mass is 32.1. The molecule has 1 saturated heterocycles. The number of ether oxygens (including phenoxy) is 1. The van der Waals surface area contributed by atoms with Gasteiger partial charge in [0.05, 0.1) is 28.6 Å². The number of rotatable bonds is 10. The van der Waals surface area contributed by atoms with Crippen molar-refractivity contribution < 1.29 is 9.53 Å². The number of hydrogen-bond acceptors (Lipinski definition) is 5. The van der Waals surface area contributed by atoms with Crippen LogP contribution in [-0.4, -0.2) is 39.6 Å². The second-order valence-corrected chi connectivity index (χ2v) is 14.0. The number of amides is 1. The Morgan fingerprint density at radius 3 is 2.18 bits per heavy atom. The first-order chi connectivity index (χ1) is 21.6. The minimum Gasteiger partial charge on any atom is -0.491 e. The number of benzene rings is 2. The first kappa shape index (κ1) is 32.7. The monoisotopic (exact) mass is 625 g/mol. The minimum absolute atomic E-state index is 0.0154. The second-order valence-electron chi connectivity index (χ2n) is 12.8. The summed E-state index contributed by atoms with van der Waals surface area (Å²) in [6, 6.07) is 16.1. The third-order valence-electron chi connectivity index (χ3n) is 8.49. The number of aromatic nitrogens is 2. The minimum atomic E-state index is -0.113. The van der Waals surface area contributed by atoms with Gasteiger partial charge in [-0.3, -0.25) is 14.2 Å². The van der Waals surface area contributed by atoms with Crippen molar-refractivity contribution in [2.75, 3.05) is 13.1 Å². The maximum absolute atomic E-state index is 14.9. The second kappa shape index (κ2) is 14.2. The Morgan fingerprint density at radius 1 is 0.956 bits per heavy atom. The molecule has 0 radical (unpaired) electrons. The third-order valence-corrected chi connectivity index (χ3v) is 9.50. The maximum Gasteiger partial charge on any atom is 0.265 e. The zero-order valence-electron chi connectivity index (χ0n) is 27.9. The Morgan fingerprint density at radius 2 is 1.60 bits per heavy atom. The van der Waals surface area contributed by atoms with E-state index in [1.54, 1.807) is 0 Å². The van der Waals surface area contributed by atoms with E-state index in [-0.39, 0.29) is 23.5 Å². The summed E-state index contributed by atoms with van der Waals surface area (Å²) >= 11 is 1.51. The van der Waals surface area contributed by atoms with E-state index in [0.717, 1.165) is 89.6 Å². The largest absolute Gasteiger partial charge is 0.491 e. The van der Waals surface area contributed by atoms with Crippen LogP contribution in [0, 0.1) is 12.8 Å². The zero-order valence-corrected chi connectivity index (χ0v) is 28.7. The molecule has 4 aromatic rings. The summed E-state index contributed by atoms with van der Waals surface area (Å²) in [5.74, 6) is 1.08. The fourth-order valence-electron chi connectivity index (χ4n) is 6.33. The SMILES string of the molecule is CCc1cccc(CC)c1-n1c(CC(C)C)c(C(=O)N2CCCCC2)cc(-c2nc(-c3ccc(OC(C)C)cc3)c(C)s2)c1=O. The van der Waals surface area contributed by atoms with Gasteiger partial charge in [-0.2, -0.15) is 0 Å². The van der Waals surface area contributed by atoms with Crippen LogP contribution in [0.4, 0.5) is 0 Å². The lowest BCUT2D eigenvalue weighted by molar-refractivity contribution is 0.0722. The summed E-state index contributed by atoms with van der Waals surface area (Å²) in [7, 11) is 0. The van der Waals surface area contributed by atoms with Crippen molar-refractivity contribution in [3.05, 3.63) is 86.1 Å². The summed E-state index contributed by atoms with van der Waals surface area (Å²) < 4.78 is 7.73. The lowest BCUT2D eigenvalue weighted by atomic mass is 9.96. The topological polar surface area (TPSA) is 64.4 Å². The van der Waals surface area contributed by atoms with Crippen molar-refractivity contribution in [1.82, 2.24) is 14.5 Å². The normalized spacial score (nSPS) is 13.6. The quantitative estimate of drug-likeness (QED) is 0.177. The zero-order chi connectivity index (χ0) is 32.2. The van der Waals surface area contributed by atoms with Gasteiger partial charge < -0.3 is 9.64 Å². The van der Waals surface area contributed by atoms with Gasteiger partial charge in [0, 0.05) is 29.2 Å². The Bertz CT molecular complexity index is 1690. The lowest BCUT2D eigenvalue weighted by Crippen LogP contribution is -2.38. The van der Waals surface area contributed by atoms with Crippen molar-refractivity contribution >= 4 is 17.2 Å². The van der Waals surface area contributed by atoms with Gasteiger partial charge in [-0.25, -0.2) is 4.98 Å². The van der Waals surface area contributed by atoms with Crippen LogP contribution < -0.4 is 10.3 Å². The summed E-state index contributed by atoms with van der Waals surface area (Å²) in [5, 5.41) is 0.638. The number of pyridine rings is 1. The molecule has 0 atom stereocenters. The number of thiazole rings is 1. The molecule has 0 aliphatic carbocycles. The molecule has 238 valence electrons. The van der Waals surface area contributed by atoms with Crippen molar-refractivity contribution in [2.24, 2.45) is 5.92 Å². The molecule has 0 spiro atoms. The number of para-hydroxylation sites is 1. The van der Waals surface area contributed by atoms with Gasteiger partial charge in [0.2, 0.25) is 0 Å². The number of aryl methyl sites for hydroxylation is 3. The Hall–Kier alpha value is -3.71. The van der Waals surface area contributed by atoms with Crippen molar-refractivity contribution in [3.8, 4) is 33.3 Å². The van der Waals surface area contributed by atoms with E-state index in [2.05, 4.69) is 45.9 Å². The third kappa shape index (κ3) is 6.94. The van der Waals surface area contributed by atoms with E-state index in [4.69, 9.17) is 9.72 Å². The molecule has 1 fully saturated rings. The Balaban J connectivity index is 1.76. The molecule has 3 heterocycles. The van der Waals surface area contributed by atoms with E-state index >= 15 is 0 Å². The maximum atomic E-state index is 14.9. The smallest absolute Gasteiger partial charge is 0.265 e. The van der Waals surface area contributed by atoms with E-state index in [0.29, 0.717) is 22.6 Å². The van der Waals surface area contributed by atoms with Gasteiger partial charge >= 0.3 is 0 Å². The molecule has 1 aliphatic heterocycles. The van der Waals surface area contributed by atoms with Crippen molar-refractivity contribution in [3.63, 3.8) is 0 Å². The standard InChI is InChI=1S/C38H47N3O3S/c1-8-27-14-13-15-28(9-2)35(27)41-33(22-24(3)4)31(37(42)40-20-11-10-12-21-40)23-32(38(41)43)36-39-34(26(7)45-36)29-16-18-30(19-17-29)44-25(5)6/h13-19,23-25H,8-12,20-22H2,1-7H3. The predicted octanol–water partition coefficient (Wildman–Crippen LogP) is 8.67. The fourth-order valence-corrected chi connectivity index (χ4v) is 7.27. The van der Waals surface area contributed by atoms with Crippen LogP contribution in [0.25, 0.3) is 27.5 Å². The Kier molecular flexibility index (Phi) is 10.3. The van der Waals surface area contributed by atoms with Gasteiger partial charge in [-0.05, 0) is 107 Å². The van der Waals surface area contributed by atoms with Gasteiger partial charge in [0.25, 0.3) is 11.5 Å². The number of hydrogen-bond donors (Lipinski definition) is 0. The van der Waals surface area contributed by atoms with E-state index in [1.807, 2.05) is 60.6 Å². The molecule has 0 bridgehead atoms. The van der Waals surface area contributed by atoms with Crippen LogP contribution in [0.1, 0.15) is 92.9 Å².